The third-order valence-electron chi connectivity index (χ3n) is 10.4. The normalized spacial score (nSPS) is 20.3. The van der Waals surface area contributed by atoms with E-state index in [2.05, 4.69) is 62.5 Å². The molecule has 1 fully saturated rings. The average molecular weight is 835 g/mol. The minimum atomic E-state index is -1.86. The highest BCUT2D eigenvalue weighted by atomic mass is 16.7. The number of carboxylic acid groups (broad SMARTS) is 1. The first-order chi connectivity index (χ1) is 28.7. The Balaban J connectivity index is 2.37. The van der Waals surface area contributed by atoms with Gasteiger partial charge in [-0.3, -0.25) is 9.59 Å². The van der Waals surface area contributed by atoms with Crippen molar-refractivity contribution in [3.05, 3.63) is 48.6 Å². The molecule has 340 valence electrons. The van der Waals surface area contributed by atoms with Crippen LogP contribution in [0.3, 0.4) is 0 Å². The van der Waals surface area contributed by atoms with Crippen LogP contribution in [0.1, 0.15) is 187 Å². The second-order valence-corrected chi connectivity index (χ2v) is 15.9. The Bertz CT molecular complexity index is 1170. The molecule has 1 aliphatic heterocycles. The van der Waals surface area contributed by atoms with E-state index in [-0.39, 0.29) is 19.4 Å². The van der Waals surface area contributed by atoms with Crippen LogP contribution in [-0.4, -0.2) is 88.4 Å². The molecule has 6 atom stereocenters. The van der Waals surface area contributed by atoms with E-state index in [9.17, 15) is 34.8 Å². The van der Waals surface area contributed by atoms with Crippen molar-refractivity contribution in [2.24, 2.45) is 0 Å². The minimum Gasteiger partial charge on any atom is -0.479 e. The summed E-state index contributed by atoms with van der Waals surface area (Å²) < 4.78 is 21.7. The van der Waals surface area contributed by atoms with E-state index in [1.807, 2.05) is 0 Å². The van der Waals surface area contributed by atoms with Gasteiger partial charge in [0.25, 0.3) is 0 Å². The Morgan fingerprint density at radius 3 is 1.47 bits per heavy atom. The lowest BCUT2D eigenvalue weighted by atomic mass is 9.99. The van der Waals surface area contributed by atoms with Gasteiger partial charge in [-0.2, -0.15) is 0 Å². The summed E-state index contributed by atoms with van der Waals surface area (Å²) in [7, 11) is 0. The van der Waals surface area contributed by atoms with Gasteiger partial charge in [-0.05, 0) is 77.0 Å². The van der Waals surface area contributed by atoms with E-state index >= 15 is 0 Å². The fraction of sp³-hybridized carbons (Fsp3) is 0.771. The molecule has 0 amide bonds. The molecule has 0 aliphatic carbocycles. The highest BCUT2D eigenvalue weighted by Gasteiger charge is 2.47. The fourth-order valence-corrected chi connectivity index (χ4v) is 6.70. The number of ether oxygens (including phenoxy) is 4. The van der Waals surface area contributed by atoms with Crippen molar-refractivity contribution < 1.29 is 53.8 Å². The largest absolute Gasteiger partial charge is 0.479 e. The van der Waals surface area contributed by atoms with Gasteiger partial charge < -0.3 is 39.4 Å². The zero-order chi connectivity index (χ0) is 43.2. The Morgan fingerprint density at radius 2 is 0.949 bits per heavy atom. The lowest BCUT2D eigenvalue weighted by molar-refractivity contribution is -0.298. The lowest BCUT2D eigenvalue weighted by Crippen LogP contribution is -2.60. The highest BCUT2D eigenvalue weighted by Crippen LogP contribution is 2.23. The van der Waals surface area contributed by atoms with Crippen molar-refractivity contribution in [3.8, 4) is 0 Å². The SMILES string of the molecule is CCCCC/C=C\C/C=C\C/C=C\CCCCCCCCC(=O)OCC(COC1OC(C(=O)O)C(O)C(O)C1O)OC(=O)CCCCCCC/C=C\CCCCCCC. The second-order valence-electron chi connectivity index (χ2n) is 15.9. The van der Waals surface area contributed by atoms with Crippen molar-refractivity contribution in [1.82, 2.24) is 0 Å². The van der Waals surface area contributed by atoms with E-state index in [1.54, 1.807) is 0 Å². The summed E-state index contributed by atoms with van der Waals surface area (Å²) in [6.07, 6.45) is 35.8. The van der Waals surface area contributed by atoms with Crippen molar-refractivity contribution in [1.29, 1.82) is 0 Å². The number of carbonyl (C=O) groups excluding carboxylic acids is 2. The Labute approximate surface area is 356 Å². The first-order valence-electron chi connectivity index (χ1n) is 23.2. The number of carboxylic acids is 1. The van der Waals surface area contributed by atoms with Crippen molar-refractivity contribution in [2.45, 2.75) is 224 Å². The molecule has 0 bridgehead atoms. The minimum absolute atomic E-state index is 0.169. The molecule has 6 unspecified atom stereocenters. The molecule has 0 spiro atoms. The van der Waals surface area contributed by atoms with Crippen LogP contribution in [0.2, 0.25) is 0 Å². The summed E-state index contributed by atoms with van der Waals surface area (Å²) in [4.78, 5) is 36.8. The number of hydrogen-bond acceptors (Lipinski definition) is 10. The number of aliphatic hydroxyl groups is 3. The summed E-state index contributed by atoms with van der Waals surface area (Å²) in [6.45, 7) is 3.76. The van der Waals surface area contributed by atoms with Crippen LogP contribution in [0.4, 0.5) is 0 Å². The number of rotatable bonds is 38. The van der Waals surface area contributed by atoms with Gasteiger partial charge >= 0.3 is 17.9 Å². The Hall–Kier alpha value is -2.83. The van der Waals surface area contributed by atoms with Gasteiger partial charge in [0.1, 0.15) is 24.9 Å². The molecule has 11 heteroatoms. The standard InChI is InChI=1S/C48H82O11/c1-3-5-7-9-11-13-15-17-19-20-21-22-23-25-26-28-30-32-34-36-41(49)56-38-40(39-57-48-45(53)43(51)44(52)46(59-48)47(54)55)58-42(50)37-35-33-31-29-27-24-18-16-14-12-10-8-6-4-2/h11,13,16-19,21-22,40,43-46,48,51-53H,3-10,12,14-15,20,23-39H2,1-2H3,(H,54,55)/b13-11-,18-16-,19-17-,22-21-. The molecule has 0 radical (unpaired) electrons. The molecular formula is C48H82O11. The van der Waals surface area contributed by atoms with Crippen LogP contribution in [0.5, 0.6) is 0 Å². The number of carbonyl (C=O) groups is 3. The monoisotopic (exact) mass is 835 g/mol. The third kappa shape index (κ3) is 29.9. The van der Waals surface area contributed by atoms with Crippen molar-refractivity contribution in [2.75, 3.05) is 13.2 Å². The van der Waals surface area contributed by atoms with Crippen molar-refractivity contribution >= 4 is 17.9 Å². The lowest BCUT2D eigenvalue weighted by Gasteiger charge is -2.38. The van der Waals surface area contributed by atoms with E-state index < -0.39 is 61.3 Å². The van der Waals surface area contributed by atoms with Gasteiger partial charge in [-0.15, -0.1) is 0 Å². The molecule has 0 aromatic heterocycles. The Kier molecular flexibility index (Phi) is 35.0. The van der Waals surface area contributed by atoms with Gasteiger partial charge in [0, 0.05) is 12.8 Å². The molecular weight excluding hydrogens is 753 g/mol. The topological polar surface area (TPSA) is 169 Å². The second kappa shape index (κ2) is 38.1. The summed E-state index contributed by atoms with van der Waals surface area (Å²) in [5.74, 6) is -2.47. The van der Waals surface area contributed by atoms with E-state index in [1.165, 1.54) is 57.8 Å². The Morgan fingerprint density at radius 1 is 0.525 bits per heavy atom. The van der Waals surface area contributed by atoms with Gasteiger partial charge in [0.05, 0.1) is 6.61 Å². The van der Waals surface area contributed by atoms with Crippen LogP contribution in [-0.2, 0) is 33.3 Å². The summed E-state index contributed by atoms with van der Waals surface area (Å²) >= 11 is 0. The predicted molar refractivity (Wildman–Crippen MR) is 234 cm³/mol. The van der Waals surface area contributed by atoms with Crippen LogP contribution in [0.25, 0.3) is 0 Å². The van der Waals surface area contributed by atoms with Crippen LogP contribution < -0.4 is 0 Å². The van der Waals surface area contributed by atoms with Crippen LogP contribution in [0, 0.1) is 0 Å². The fourth-order valence-electron chi connectivity index (χ4n) is 6.70. The first-order valence-corrected chi connectivity index (χ1v) is 23.2. The van der Waals surface area contributed by atoms with Gasteiger partial charge in [-0.25, -0.2) is 4.79 Å². The van der Waals surface area contributed by atoms with E-state index in [4.69, 9.17) is 18.9 Å². The molecule has 59 heavy (non-hydrogen) atoms. The van der Waals surface area contributed by atoms with E-state index in [0.29, 0.717) is 12.8 Å². The van der Waals surface area contributed by atoms with Crippen molar-refractivity contribution in [3.63, 3.8) is 0 Å². The molecule has 11 nitrogen and oxygen atoms in total. The van der Waals surface area contributed by atoms with E-state index in [0.717, 1.165) is 89.9 Å². The number of hydrogen-bond donors (Lipinski definition) is 4. The maximum Gasteiger partial charge on any atom is 0.335 e. The number of esters is 2. The van der Waals surface area contributed by atoms with Crippen LogP contribution >= 0.6 is 0 Å². The first kappa shape index (κ1) is 54.2. The summed E-state index contributed by atoms with van der Waals surface area (Å²) in [6, 6.07) is 0. The van der Waals surface area contributed by atoms with Gasteiger partial charge in [0.2, 0.25) is 0 Å². The number of aliphatic hydroxyl groups excluding tert-OH is 3. The summed E-state index contributed by atoms with van der Waals surface area (Å²) in [5, 5.41) is 39.8. The van der Waals surface area contributed by atoms with Gasteiger partial charge in [0.15, 0.2) is 18.5 Å². The third-order valence-corrected chi connectivity index (χ3v) is 10.4. The predicted octanol–water partition coefficient (Wildman–Crippen LogP) is 10.1. The molecule has 1 heterocycles. The molecule has 1 aliphatic rings. The molecule has 1 saturated heterocycles. The molecule has 0 aromatic rings. The van der Waals surface area contributed by atoms with Gasteiger partial charge in [-0.1, -0.05) is 146 Å². The zero-order valence-corrected chi connectivity index (χ0v) is 36.7. The smallest absolute Gasteiger partial charge is 0.335 e. The zero-order valence-electron chi connectivity index (χ0n) is 36.7. The average Bonchev–Trinajstić information content (AvgIpc) is 3.22. The number of allylic oxidation sites excluding steroid dienone is 8. The molecule has 4 N–H and O–H groups in total. The van der Waals surface area contributed by atoms with Crippen LogP contribution in [0.15, 0.2) is 48.6 Å². The molecule has 1 rings (SSSR count). The highest BCUT2D eigenvalue weighted by molar-refractivity contribution is 5.73. The summed E-state index contributed by atoms with van der Waals surface area (Å²) in [5.41, 5.74) is 0. The molecule has 0 aromatic carbocycles. The molecule has 0 saturated carbocycles. The maximum absolute atomic E-state index is 12.8. The number of aliphatic carboxylic acids is 1. The quantitative estimate of drug-likeness (QED) is 0.0265. The number of unbranched alkanes of at least 4 members (excludes halogenated alkanes) is 19. The maximum atomic E-state index is 12.8.